The van der Waals surface area contributed by atoms with Gasteiger partial charge in [0.15, 0.2) is 5.78 Å². The minimum Gasteiger partial charge on any atom is -0.399 e. The van der Waals surface area contributed by atoms with Gasteiger partial charge in [-0.2, -0.15) is 0 Å². The van der Waals surface area contributed by atoms with E-state index in [4.69, 9.17) is 5.73 Å². The fourth-order valence-corrected chi connectivity index (χ4v) is 2.54. The monoisotopic (exact) mass is 319 g/mol. The molecule has 4 nitrogen and oxygen atoms in total. The van der Waals surface area contributed by atoms with Crippen molar-refractivity contribution in [3.05, 3.63) is 28.2 Å². The number of hydrogen-bond acceptors (Lipinski definition) is 4. The highest BCUT2D eigenvalue weighted by molar-refractivity contribution is 9.10. The van der Waals surface area contributed by atoms with E-state index in [1.54, 1.807) is 25.1 Å². The molecule has 1 aromatic carbocycles. The molecule has 0 radical (unpaired) electrons. The predicted octanol–water partition coefficient (Wildman–Crippen LogP) is 2.04. The summed E-state index contributed by atoms with van der Waals surface area (Å²) < 4.78 is 23.2. The first-order chi connectivity index (χ1) is 7.85. The summed E-state index contributed by atoms with van der Waals surface area (Å²) in [6.45, 7) is 1.57. The average molecular weight is 320 g/mol. The van der Waals surface area contributed by atoms with Crippen molar-refractivity contribution in [1.29, 1.82) is 0 Å². The second-order valence-corrected chi connectivity index (χ2v) is 6.98. The SMILES string of the molecule is CCS(=O)(=O)CCC(=O)c1cc(N)ccc1Br. The number of halogens is 1. The van der Waals surface area contributed by atoms with Crippen molar-refractivity contribution in [3.63, 3.8) is 0 Å². The standard InChI is InChI=1S/C11H14BrNO3S/c1-2-17(15,16)6-5-11(14)9-7-8(13)3-4-10(9)12/h3-4,7H,2,5-6,13H2,1H3. The van der Waals surface area contributed by atoms with Gasteiger partial charge in [-0.15, -0.1) is 0 Å². The Labute approximate surface area is 109 Å². The topological polar surface area (TPSA) is 77.2 Å². The maximum atomic E-state index is 11.8. The highest BCUT2D eigenvalue weighted by Crippen LogP contribution is 2.21. The summed E-state index contributed by atoms with van der Waals surface area (Å²) in [5, 5.41) is 0. The van der Waals surface area contributed by atoms with Crippen molar-refractivity contribution >= 4 is 37.2 Å². The van der Waals surface area contributed by atoms with Crippen molar-refractivity contribution < 1.29 is 13.2 Å². The van der Waals surface area contributed by atoms with Crippen molar-refractivity contribution in [2.75, 3.05) is 17.2 Å². The lowest BCUT2D eigenvalue weighted by Gasteiger charge is -2.05. The molecule has 0 aliphatic heterocycles. The van der Waals surface area contributed by atoms with Crippen LogP contribution in [0, 0.1) is 0 Å². The Morgan fingerprint density at radius 2 is 2.06 bits per heavy atom. The van der Waals surface area contributed by atoms with Crippen LogP contribution >= 0.6 is 15.9 Å². The third-order valence-electron chi connectivity index (χ3n) is 2.37. The second kappa shape index (κ2) is 5.64. The van der Waals surface area contributed by atoms with Crippen LogP contribution in [0.15, 0.2) is 22.7 Å². The Balaban J connectivity index is 2.81. The van der Waals surface area contributed by atoms with Gasteiger partial charge >= 0.3 is 0 Å². The summed E-state index contributed by atoms with van der Waals surface area (Å²) in [7, 11) is -3.11. The van der Waals surface area contributed by atoms with E-state index in [1.165, 1.54) is 0 Å². The zero-order valence-electron chi connectivity index (χ0n) is 9.44. The Morgan fingerprint density at radius 3 is 2.65 bits per heavy atom. The summed E-state index contributed by atoms with van der Waals surface area (Å²) in [5.74, 6) is -0.289. The van der Waals surface area contributed by atoms with Crippen LogP contribution in [-0.2, 0) is 9.84 Å². The van der Waals surface area contributed by atoms with Gasteiger partial charge < -0.3 is 5.73 Å². The number of nitrogen functional groups attached to an aromatic ring is 1. The minimum atomic E-state index is -3.11. The van der Waals surface area contributed by atoms with Gasteiger partial charge in [-0.3, -0.25) is 4.79 Å². The van der Waals surface area contributed by atoms with E-state index in [2.05, 4.69) is 15.9 Å². The highest BCUT2D eigenvalue weighted by atomic mass is 79.9. The highest BCUT2D eigenvalue weighted by Gasteiger charge is 2.15. The molecule has 17 heavy (non-hydrogen) atoms. The van der Waals surface area contributed by atoms with E-state index >= 15 is 0 Å². The molecule has 0 bridgehead atoms. The fraction of sp³-hybridized carbons (Fsp3) is 0.364. The quantitative estimate of drug-likeness (QED) is 0.665. The molecule has 1 aromatic rings. The van der Waals surface area contributed by atoms with Gasteiger partial charge in [0.1, 0.15) is 9.84 Å². The van der Waals surface area contributed by atoms with E-state index in [1.807, 2.05) is 0 Å². The zero-order valence-corrected chi connectivity index (χ0v) is 11.8. The third-order valence-corrected chi connectivity index (χ3v) is 4.77. The number of Topliss-reactive ketones (excluding diaryl/α,β-unsaturated/α-hetero) is 1. The van der Waals surface area contributed by atoms with E-state index in [0.717, 1.165) is 0 Å². The van der Waals surface area contributed by atoms with Crippen molar-refractivity contribution in [1.82, 2.24) is 0 Å². The van der Waals surface area contributed by atoms with Crippen LogP contribution in [0.2, 0.25) is 0 Å². The first-order valence-corrected chi connectivity index (χ1v) is 7.76. The smallest absolute Gasteiger partial charge is 0.165 e. The van der Waals surface area contributed by atoms with Crippen LogP contribution < -0.4 is 5.73 Å². The van der Waals surface area contributed by atoms with Crippen LogP contribution in [0.25, 0.3) is 0 Å². The molecule has 6 heteroatoms. The van der Waals surface area contributed by atoms with Gasteiger partial charge in [0.05, 0.1) is 5.75 Å². The summed E-state index contributed by atoms with van der Waals surface area (Å²) in [6, 6.07) is 4.89. The number of anilines is 1. The van der Waals surface area contributed by atoms with Crippen LogP contribution in [-0.4, -0.2) is 25.7 Å². The molecule has 0 aromatic heterocycles. The van der Waals surface area contributed by atoms with Crippen molar-refractivity contribution in [2.45, 2.75) is 13.3 Å². The molecule has 0 aliphatic carbocycles. The number of sulfone groups is 1. The lowest BCUT2D eigenvalue weighted by molar-refractivity contribution is 0.0988. The fourth-order valence-electron chi connectivity index (χ4n) is 1.28. The molecule has 1 rings (SSSR count). The first kappa shape index (κ1) is 14.2. The molecule has 94 valence electrons. The number of nitrogens with two attached hydrogens (primary N) is 1. The molecule has 2 N–H and O–H groups in total. The van der Waals surface area contributed by atoms with Crippen molar-refractivity contribution in [2.24, 2.45) is 0 Å². The summed E-state index contributed by atoms with van der Waals surface area (Å²) >= 11 is 3.24. The van der Waals surface area contributed by atoms with Crippen LogP contribution in [0.1, 0.15) is 23.7 Å². The number of rotatable bonds is 5. The number of carbonyl (C=O) groups is 1. The van der Waals surface area contributed by atoms with E-state index in [-0.39, 0.29) is 23.7 Å². The van der Waals surface area contributed by atoms with E-state index in [0.29, 0.717) is 15.7 Å². The largest absolute Gasteiger partial charge is 0.399 e. The second-order valence-electron chi connectivity index (χ2n) is 3.65. The Morgan fingerprint density at radius 1 is 1.41 bits per heavy atom. The molecule has 0 heterocycles. The predicted molar refractivity (Wildman–Crippen MR) is 71.8 cm³/mol. The first-order valence-electron chi connectivity index (χ1n) is 5.14. The molecule has 0 amide bonds. The van der Waals surface area contributed by atoms with Gasteiger partial charge in [-0.05, 0) is 18.2 Å². The van der Waals surface area contributed by atoms with Gasteiger partial charge in [0, 0.05) is 27.9 Å². The normalized spacial score (nSPS) is 11.4. The Hall–Kier alpha value is -0.880. The number of carbonyl (C=O) groups excluding carboxylic acids is 1. The lowest BCUT2D eigenvalue weighted by Crippen LogP contribution is -2.13. The maximum Gasteiger partial charge on any atom is 0.165 e. The molecular formula is C11H14BrNO3S. The summed E-state index contributed by atoms with van der Waals surface area (Å²) in [6.07, 6.45) is -0.0156. The minimum absolute atomic E-state index is 0.0156. The Kier molecular flexibility index (Phi) is 4.70. The number of benzene rings is 1. The van der Waals surface area contributed by atoms with Crippen LogP contribution in [0.5, 0.6) is 0 Å². The summed E-state index contributed by atoms with van der Waals surface area (Å²) in [5.41, 5.74) is 6.49. The molecule has 0 aliphatic rings. The molecule has 0 atom stereocenters. The van der Waals surface area contributed by atoms with E-state index in [9.17, 15) is 13.2 Å². The van der Waals surface area contributed by atoms with Gasteiger partial charge in [-0.1, -0.05) is 22.9 Å². The Bertz CT molecular complexity index is 526. The maximum absolute atomic E-state index is 11.8. The molecule has 0 saturated heterocycles. The molecular weight excluding hydrogens is 306 g/mol. The third kappa shape index (κ3) is 4.12. The average Bonchev–Trinajstić information content (AvgIpc) is 2.29. The molecule has 0 unspecified atom stereocenters. The number of ketones is 1. The van der Waals surface area contributed by atoms with Gasteiger partial charge in [-0.25, -0.2) is 8.42 Å². The van der Waals surface area contributed by atoms with Gasteiger partial charge in [0.25, 0.3) is 0 Å². The van der Waals surface area contributed by atoms with Crippen LogP contribution in [0.3, 0.4) is 0 Å². The molecule has 0 saturated carbocycles. The number of hydrogen-bond donors (Lipinski definition) is 1. The van der Waals surface area contributed by atoms with Crippen LogP contribution in [0.4, 0.5) is 5.69 Å². The van der Waals surface area contributed by atoms with Crippen molar-refractivity contribution in [3.8, 4) is 0 Å². The van der Waals surface area contributed by atoms with Gasteiger partial charge in [0.2, 0.25) is 0 Å². The molecule has 0 fully saturated rings. The molecule has 0 spiro atoms. The summed E-state index contributed by atoms with van der Waals surface area (Å²) in [4.78, 5) is 11.8. The zero-order chi connectivity index (χ0) is 13.1. The lowest BCUT2D eigenvalue weighted by atomic mass is 10.1. The van der Waals surface area contributed by atoms with E-state index < -0.39 is 9.84 Å².